The van der Waals surface area contributed by atoms with Gasteiger partial charge in [-0.3, -0.25) is 20.1 Å². The molecule has 12 nitrogen and oxygen atoms in total. The number of ether oxygens (including phenoxy) is 1. The van der Waals surface area contributed by atoms with Gasteiger partial charge in [-0.15, -0.1) is 0 Å². The van der Waals surface area contributed by atoms with E-state index in [-0.39, 0.29) is 5.84 Å². The first-order valence-corrected chi connectivity index (χ1v) is 9.31. The predicted molar refractivity (Wildman–Crippen MR) is 111 cm³/mol. The van der Waals surface area contributed by atoms with Crippen molar-refractivity contribution in [2.75, 3.05) is 39.9 Å². The number of hydrazone groups is 1. The van der Waals surface area contributed by atoms with Crippen LogP contribution in [0.5, 0.6) is 0 Å². The van der Waals surface area contributed by atoms with Gasteiger partial charge in [0.1, 0.15) is 11.5 Å². The number of nitrogens with one attached hydrogen (secondary N) is 3. The first-order valence-electron chi connectivity index (χ1n) is 9.31. The van der Waals surface area contributed by atoms with Gasteiger partial charge in [-0.25, -0.2) is 10.9 Å². The number of amidine groups is 2. The van der Waals surface area contributed by atoms with E-state index in [9.17, 15) is 10.0 Å². The molecule has 0 atom stereocenters. The van der Waals surface area contributed by atoms with Crippen LogP contribution in [0, 0.1) is 12.3 Å². The van der Waals surface area contributed by atoms with Gasteiger partial charge in [0.15, 0.2) is 5.84 Å². The van der Waals surface area contributed by atoms with Crippen LogP contribution in [-0.4, -0.2) is 78.8 Å². The summed E-state index contributed by atoms with van der Waals surface area (Å²) in [5.41, 5.74) is 11.6. The molecule has 6 N–H and O–H groups in total. The highest BCUT2D eigenvalue weighted by Gasteiger charge is 2.25. The Kier molecular flexibility index (Phi) is 8.53. The molecule has 0 radical (unpaired) electrons. The second-order valence-corrected chi connectivity index (χ2v) is 6.50. The van der Waals surface area contributed by atoms with Crippen LogP contribution in [0.3, 0.4) is 0 Å². The summed E-state index contributed by atoms with van der Waals surface area (Å²) in [6.07, 6.45) is 1.39. The number of nitrogens with zero attached hydrogens (tertiary/aromatic N) is 4. The summed E-state index contributed by atoms with van der Waals surface area (Å²) >= 11 is 0. The Labute approximate surface area is 174 Å². The Bertz CT molecular complexity index is 839. The van der Waals surface area contributed by atoms with E-state index >= 15 is 0 Å². The van der Waals surface area contributed by atoms with Gasteiger partial charge in [0.25, 0.3) is 5.91 Å². The molecular weight excluding hydrogens is 392 g/mol. The number of hydrogen-bond acceptors (Lipinski definition) is 9. The minimum Gasteiger partial charge on any atom is -0.460 e. The van der Waals surface area contributed by atoms with E-state index in [2.05, 4.69) is 26.0 Å². The van der Waals surface area contributed by atoms with Gasteiger partial charge in [0, 0.05) is 32.3 Å². The predicted octanol–water partition coefficient (Wildman–Crippen LogP) is -0.196. The molecule has 0 saturated carbocycles. The summed E-state index contributed by atoms with van der Waals surface area (Å²) in [7, 11) is 1.57. The molecule has 0 bridgehead atoms. The second-order valence-electron chi connectivity index (χ2n) is 6.50. The van der Waals surface area contributed by atoms with Crippen LogP contribution in [0.1, 0.15) is 18.4 Å². The number of hydrazine groups is 1. The van der Waals surface area contributed by atoms with Crippen LogP contribution in [0.4, 0.5) is 0 Å². The third-order valence-electron chi connectivity index (χ3n) is 4.41. The van der Waals surface area contributed by atoms with Gasteiger partial charge >= 0.3 is 0 Å². The van der Waals surface area contributed by atoms with E-state index in [1.54, 1.807) is 26.1 Å². The SMILES string of the molecule is CNN(/C(=N/O)C(=N)N)/C(CN1CCOCC1)=C(\C)C(=O)N/N=C/c1ccc(C)o1. The number of carbonyl (C=O) groups is 1. The third kappa shape index (κ3) is 6.14. The van der Waals surface area contributed by atoms with E-state index in [4.69, 9.17) is 20.3 Å². The number of carbonyl (C=O) groups excluding carboxylic acids is 1. The zero-order valence-electron chi connectivity index (χ0n) is 17.3. The number of hydrogen-bond donors (Lipinski definition) is 5. The summed E-state index contributed by atoms with van der Waals surface area (Å²) < 4.78 is 10.7. The van der Waals surface area contributed by atoms with Crippen LogP contribution in [0.25, 0.3) is 0 Å². The molecule has 12 heteroatoms. The number of amides is 1. The fraction of sp³-hybridized carbons (Fsp3) is 0.444. The van der Waals surface area contributed by atoms with E-state index in [0.717, 1.165) is 5.76 Å². The van der Waals surface area contributed by atoms with Crippen molar-refractivity contribution in [3.63, 3.8) is 0 Å². The molecule has 1 aliphatic rings. The van der Waals surface area contributed by atoms with Crippen molar-refractivity contribution in [1.82, 2.24) is 20.8 Å². The molecule has 0 aliphatic carbocycles. The van der Waals surface area contributed by atoms with Crippen molar-refractivity contribution in [3.05, 3.63) is 34.9 Å². The smallest absolute Gasteiger partial charge is 0.268 e. The molecular formula is C18H28N8O4. The number of morpholine rings is 1. The van der Waals surface area contributed by atoms with Crippen molar-refractivity contribution in [2.24, 2.45) is 16.0 Å². The Hall–Kier alpha value is -3.22. The number of aryl methyl sites for hydroxylation is 1. The Balaban J connectivity index is 2.28. The normalized spacial score (nSPS) is 16.4. The van der Waals surface area contributed by atoms with Gasteiger partial charge in [-0.2, -0.15) is 5.10 Å². The third-order valence-corrected chi connectivity index (χ3v) is 4.41. The molecule has 2 heterocycles. The zero-order chi connectivity index (χ0) is 22.1. The summed E-state index contributed by atoms with van der Waals surface area (Å²) in [5, 5.41) is 25.3. The average Bonchev–Trinajstić information content (AvgIpc) is 3.15. The highest BCUT2D eigenvalue weighted by Crippen LogP contribution is 2.14. The maximum absolute atomic E-state index is 12.7. The van der Waals surface area contributed by atoms with E-state index in [1.165, 1.54) is 11.2 Å². The van der Waals surface area contributed by atoms with Crippen LogP contribution >= 0.6 is 0 Å². The summed E-state index contributed by atoms with van der Waals surface area (Å²) in [6.45, 7) is 6.21. The van der Waals surface area contributed by atoms with Gasteiger partial charge in [0.05, 0.1) is 25.1 Å². The molecule has 1 aromatic rings. The second kappa shape index (κ2) is 11.1. The van der Waals surface area contributed by atoms with Crippen molar-refractivity contribution in [1.29, 1.82) is 5.41 Å². The van der Waals surface area contributed by atoms with Crippen molar-refractivity contribution >= 4 is 23.8 Å². The topological polar surface area (TPSA) is 165 Å². The lowest BCUT2D eigenvalue weighted by atomic mass is 10.2. The van der Waals surface area contributed by atoms with Crippen LogP contribution < -0.4 is 16.6 Å². The van der Waals surface area contributed by atoms with Gasteiger partial charge < -0.3 is 20.1 Å². The lowest BCUT2D eigenvalue weighted by Gasteiger charge is -2.33. The van der Waals surface area contributed by atoms with E-state index in [1.807, 2.05) is 6.92 Å². The number of nitrogens with two attached hydrogens (primary N) is 1. The largest absolute Gasteiger partial charge is 0.460 e. The standard InChI is InChI=1S/C18H28N8O4/c1-12-4-5-14(30-12)10-22-23-18(27)13(2)15(11-25-6-8-29-9-7-25)26(21-3)17(24-28)16(19)20/h4-5,10,21,28H,6-9,11H2,1-3H3,(H3,19,20)(H,23,27)/b15-13+,22-10+,24-17+. The molecule has 1 aromatic heterocycles. The van der Waals surface area contributed by atoms with E-state index in [0.29, 0.717) is 49.9 Å². The van der Waals surface area contributed by atoms with Crippen LogP contribution in [0.15, 0.2) is 38.1 Å². The van der Waals surface area contributed by atoms with Gasteiger partial charge in [0.2, 0.25) is 5.84 Å². The number of oxime groups is 1. The minimum atomic E-state index is -0.473. The Morgan fingerprint density at radius 3 is 2.67 bits per heavy atom. The fourth-order valence-corrected chi connectivity index (χ4v) is 2.81. The summed E-state index contributed by atoms with van der Waals surface area (Å²) in [5.74, 6) is 0.0644. The Morgan fingerprint density at radius 2 is 2.13 bits per heavy atom. The highest BCUT2D eigenvalue weighted by atomic mass is 16.5. The first-order chi connectivity index (χ1) is 14.4. The lowest BCUT2D eigenvalue weighted by molar-refractivity contribution is -0.117. The molecule has 1 saturated heterocycles. The first kappa shape index (κ1) is 23.1. The molecule has 0 spiro atoms. The Morgan fingerprint density at radius 1 is 1.43 bits per heavy atom. The minimum absolute atomic E-state index is 0.234. The summed E-state index contributed by atoms with van der Waals surface area (Å²) in [4.78, 5) is 14.8. The molecule has 1 fully saturated rings. The zero-order valence-corrected chi connectivity index (χ0v) is 17.3. The molecule has 1 aliphatic heterocycles. The lowest BCUT2D eigenvalue weighted by Crippen LogP contribution is -2.50. The molecule has 0 unspecified atom stereocenters. The van der Waals surface area contributed by atoms with Crippen molar-refractivity contribution in [2.45, 2.75) is 13.8 Å². The maximum Gasteiger partial charge on any atom is 0.268 e. The highest BCUT2D eigenvalue weighted by molar-refractivity contribution is 6.38. The van der Waals surface area contributed by atoms with Crippen LogP contribution in [-0.2, 0) is 9.53 Å². The van der Waals surface area contributed by atoms with Gasteiger partial charge in [-0.1, -0.05) is 5.16 Å². The molecule has 1 amide bonds. The monoisotopic (exact) mass is 420 g/mol. The van der Waals surface area contributed by atoms with Crippen molar-refractivity contribution < 1.29 is 19.2 Å². The molecule has 164 valence electrons. The maximum atomic E-state index is 12.7. The van der Waals surface area contributed by atoms with Crippen molar-refractivity contribution in [3.8, 4) is 0 Å². The molecule has 30 heavy (non-hydrogen) atoms. The molecule has 0 aromatic carbocycles. The fourth-order valence-electron chi connectivity index (χ4n) is 2.81. The van der Waals surface area contributed by atoms with Crippen LogP contribution in [0.2, 0.25) is 0 Å². The van der Waals surface area contributed by atoms with E-state index < -0.39 is 11.7 Å². The molecule has 2 rings (SSSR count). The number of rotatable bonds is 7. The van der Waals surface area contributed by atoms with Gasteiger partial charge in [-0.05, 0) is 26.0 Å². The summed E-state index contributed by atoms with van der Waals surface area (Å²) in [6, 6.07) is 3.52. The average molecular weight is 420 g/mol. The quantitative estimate of drug-likeness (QED) is 0.133. The number of furan rings is 1.